The average molecular weight is 282 g/mol. The molecule has 4 heteroatoms. The third-order valence-corrected chi connectivity index (χ3v) is 3.27. The maximum absolute atomic E-state index is 13.9. The van der Waals surface area contributed by atoms with E-state index in [4.69, 9.17) is 17.3 Å². The fourth-order valence-corrected chi connectivity index (χ4v) is 2.23. The van der Waals surface area contributed by atoms with E-state index in [1.54, 1.807) is 31.2 Å². The minimum atomic E-state index is -0.882. The summed E-state index contributed by atoms with van der Waals surface area (Å²) < 4.78 is 26.7. The Kier molecular flexibility index (Phi) is 3.88. The molecule has 0 amide bonds. The van der Waals surface area contributed by atoms with E-state index < -0.39 is 11.4 Å². The van der Waals surface area contributed by atoms with Gasteiger partial charge in [-0.15, -0.1) is 0 Å². The van der Waals surface area contributed by atoms with Crippen molar-refractivity contribution in [3.05, 3.63) is 70.2 Å². The molecule has 0 radical (unpaired) electrons. The Morgan fingerprint density at radius 2 is 1.74 bits per heavy atom. The molecule has 2 aromatic rings. The molecule has 2 rings (SSSR count). The first-order valence-electron chi connectivity index (χ1n) is 5.87. The van der Waals surface area contributed by atoms with E-state index in [9.17, 15) is 8.78 Å². The molecule has 2 aromatic carbocycles. The number of hydrogen-bond donors (Lipinski definition) is 1. The van der Waals surface area contributed by atoms with Crippen molar-refractivity contribution >= 4 is 11.6 Å². The number of halogens is 3. The van der Waals surface area contributed by atoms with Crippen molar-refractivity contribution in [1.29, 1.82) is 0 Å². The SMILES string of the molecule is CC(N)(Cc1ccc(F)cc1)c1ccc(Cl)cc1F. The first-order chi connectivity index (χ1) is 8.88. The lowest BCUT2D eigenvalue weighted by Crippen LogP contribution is -2.36. The van der Waals surface area contributed by atoms with Crippen LogP contribution in [0.4, 0.5) is 8.78 Å². The van der Waals surface area contributed by atoms with Gasteiger partial charge in [0.2, 0.25) is 0 Å². The van der Waals surface area contributed by atoms with Crippen LogP contribution < -0.4 is 5.73 Å². The van der Waals surface area contributed by atoms with Crippen LogP contribution in [0.5, 0.6) is 0 Å². The molecular formula is C15H14ClF2N. The van der Waals surface area contributed by atoms with Crippen molar-refractivity contribution in [3.8, 4) is 0 Å². The Morgan fingerprint density at radius 1 is 1.11 bits per heavy atom. The van der Waals surface area contributed by atoms with E-state index in [1.165, 1.54) is 18.2 Å². The molecular weight excluding hydrogens is 268 g/mol. The second-order valence-corrected chi connectivity index (χ2v) is 5.28. The van der Waals surface area contributed by atoms with Crippen LogP contribution in [0.1, 0.15) is 18.1 Å². The molecule has 0 aliphatic heterocycles. The second kappa shape index (κ2) is 5.27. The fourth-order valence-electron chi connectivity index (χ4n) is 2.07. The lowest BCUT2D eigenvalue weighted by molar-refractivity contribution is 0.457. The van der Waals surface area contributed by atoms with Gasteiger partial charge in [0.25, 0.3) is 0 Å². The minimum Gasteiger partial charge on any atom is -0.321 e. The molecule has 0 spiro atoms. The minimum absolute atomic E-state index is 0.305. The van der Waals surface area contributed by atoms with Crippen LogP contribution in [0.3, 0.4) is 0 Å². The van der Waals surface area contributed by atoms with Crippen molar-refractivity contribution in [2.75, 3.05) is 0 Å². The summed E-state index contributed by atoms with van der Waals surface area (Å²) in [7, 11) is 0. The summed E-state index contributed by atoms with van der Waals surface area (Å²) in [4.78, 5) is 0. The molecule has 0 aliphatic carbocycles. The number of nitrogens with two attached hydrogens (primary N) is 1. The lowest BCUT2D eigenvalue weighted by Gasteiger charge is -2.26. The van der Waals surface area contributed by atoms with Crippen molar-refractivity contribution in [3.63, 3.8) is 0 Å². The fraction of sp³-hybridized carbons (Fsp3) is 0.200. The van der Waals surface area contributed by atoms with E-state index in [2.05, 4.69) is 0 Å². The van der Waals surface area contributed by atoms with Crippen LogP contribution in [0.25, 0.3) is 0 Å². The molecule has 0 fully saturated rings. The van der Waals surface area contributed by atoms with Gasteiger partial charge in [0.15, 0.2) is 0 Å². The Labute approximate surface area is 116 Å². The highest BCUT2D eigenvalue weighted by Crippen LogP contribution is 2.27. The summed E-state index contributed by atoms with van der Waals surface area (Å²) >= 11 is 5.72. The van der Waals surface area contributed by atoms with Crippen LogP contribution in [0, 0.1) is 11.6 Å². The van der Waals surface area contributed by atoms with Gasteiger partial charge in [-0.1, -0.05) is 29.8 Å². The molecule has 1 nitrogen and oxygen atoms in total. The molecule has 0 heterocycles. The molecule has 1 unspecified atom stereocenters. The van der Waals surface area contributed by atoms with Gasteiger partial charge in [0.05, 0.1) is 0 Å². The van der Waals surface area contributed by atoms with Gasteiger partial charge < -0.3 is 5.73 Å². The normalized spacial score (nSPS) is 14.2. The highest BCUT2D eigenvalue weighted by Gasteiger charge is 2.25. The quantitative estimate of drug-likeness (QED) is 0.903. The number of hydrogen-bond acceptors (Lipinski definition) is 1. The van der Waals surface area contributed by atoms with Crippen LogP contribution >= 0.6 is 11.6 Å². The topological polar surface area (TPSA) is 26.0 Å². The Morgan fingerprint density at radius 3 is 2.32 bits per heavy atom. The average Bonchev–Trinajstić information content (AvgIpc) is 2.31. The Balaban J connectivity index is 2.29. The largest absolute Gasteiger partial charge is 0.321 e. The number of benzene rings is 2. The standard InChI is InChI=1S/C15H14ClF2N/c1-15(19,9-10-2-5-12(17)6-3-10)13-7-4-11(16)8-14(13)18/h2-8H,9,19H2,1H3. The smallest absolute Gasteiger partial charge is 0.129 e. The summed E-state index contributed by atoms with van der Waals surface area (Å²) in [6.07, 6.45) is 0.409. The zero-order valence-corrected chi connectivity index (χ0v) is 11.2. The molecule has 0 saturated heterocycles. The summed E-state index contributed by atoms with van der Waals surface area (Å²) in [5, 5.41) is 0.332. The van der Waals surface area contributed by atoms with Gasteiger partial charge in [-0.2, -0.15) is 0 Å². The molecule has 19 heavy (non-hydrogen) atoms. The molecule has 2 N–H and O–H groups in total. The lowest BCUT2D eigenvalue weighted by atomic mass is 9.86. The van der Waals surface area contributed by atoms with Crippen molar-refractivity contribution in [2.45, 2.75) is 18.9 Å². The second-order valence-electron chi connectivity index (χ2n) is 4.84. The van der Waals surface area contributed by atoms with E-state index in [0.717, 1.165) is 5.56 Å². The third-order valence-electron chi connectivity index (χ3n) is 3.03. The van der Waals surface area contributed by atoms with Crippen molar-refractivity contribution in [1.82, 2.24) is 0 Å². The van der Waals surface area contributed by atoms with Crippen molar-refractivity contribution in [2.24, 2.45) is 5.73 Å². The van der Waals surface area contributed by atoms with E-state index in [-0.39, 0.29) is 5.82 Å². The zero-order valence-electron chi connectivity index (χ0n) is 10.5. The van der Waals surface area contributed by atoms with Gasteiger partial charge in [-0.25, -0.2) is 8.78 Å². The predicted molar refractivity (Wildman–Crippen MR) is 73.1 cm³/mol. The monoisotopic (exact) mass is 281 g/mol. The van der Waals surface area contributed by atoms with Crippen molar-refractivity contribution < 1.29 is 8.78 Å². The summed E-state index contributed by atoms with van der Waals surface area (Å²) in [5.41, 5.74) is 6.54. The molecule has 0 saturated carbocycles. The van der Waals surface area contributed by atoms with Gasteiger partial charge >= 0.3 is 0 Å². The van der Waals surface area contributed by atoms with Gasteiger partial charge in [0.1, 0.15) is 11.6 Å². The maximum Gasteiger partial charge on any atom is 0.129 e. The summed E-state index contributed by atoms with van der Waals surface area (Å²) in [5.74, 6) is -0.736. The van der Waals surface area contributed by atoms with E-state index in [1.807, 2.05) is 0 Å². The van der Waals surface area contributed by atoms with Gasteiger partial charge in [-0.3, -0.25) is 0 Å². The van der Waals surface area contributed by atoms with Crippen LogP contribution in [-0.2, 0) is 12.0 Å². The molecule has 0 bridgehead atoms. The third kappa shape index (κ3) is 3.31. The Bertz CT molecular complexity index is 579. The maximum atomic E-state index is 13.9. The molecule has 100 valence electrons. The van der Waals surface area contributed by atoms with Gasteiger partial charge in [0, 0.05) is 16.1 Å². The summed E-state index contributed by atoms with van der Waals surface area (Å²) in [6, 6.07) is 10.5. The van der Waals surface area contributed by atoms with E-state index >= 15 is 0 Å². The summed E-state index contributed by atoms with van der Waals surface area (Å²) in [6.45, 7) is 1.74. The van der Waals surface area contributed by atoms with E-state index in [0.29, 0.717) is 17.0 Å². The predicted octanol–water partition coefficient (Wildman–Crippen LogP) is 4.03. The van der Waals surface area contributed by atoms with Crippen LogP contribution in [-0.4, -0.2) is 0 Å². The Hall–Kier alpha value is -1.45. The highest BCUT2D eigenvalue weighted by molar-refractivity contribution is 6.30. The first kappa shape index (κ1) is 14.0. The van der Waals surface area contributed by atoms with Gasteiger partial charge in [-0.05, 0) is 43.2 Å². The first-order valence-corrected chi connectivity index (χ1v) is 6.25. The zero-order chi connectivity index (χ0) is 14.0. The van der Waals surface area contributed by atoms with Crippen LogP contribution in [0.2, 0.25) is 5.02 Å². The van der Waals surface area contributed by atoms with Crippen LogP contribution in [0.15, 0.2) is 42.5 Å². The highest BCUT2D eigenvalue weighted by atomic mass is 35.5. The number of rotatable bonds is 3. The molecule has 0 aromatic heterocycles. The molecule has 0 aliphatic rings. The molecule has 1 atom stereocenters.